The number of amides is 4. The molecule has 3 fully saturated rings. The number of nitrogens with two attached hydrogens (primary N) is 1. The van der Waals surface area contributed by atoms with Crippen LogP contribution in [0.3, 0.4) is 0 Å². The van der Waals surface area contributed by atoms with Crippen LogP contribution >= 0.6 is 0 Å². The molecule has 39 heavy (non-hydrogen) atoms. The number of piperidine rings is 1. The van der Waals surface area contributed by atoms with E-state index in [1.165, 1.54) is 11.0 Å². The molecular weight excluding hydrogens is 504 g/mol. The third kappa shape index (κ3) is 6.86. The fraction of sp³-hybridized carbons (Fsp3) is 0.714. The summed E-state index contributed by atoms with van der Waals surface area (Å²) in [4.78, 5) is 77.9. The Bertz CT molecular complexity index is 1060. The summed E-state index contributed by atoms with van der Waals surface area (Å²) in [5.41, 5.74) is 4.26. The Balaban J connectivity index is 1.83. The standard InChI is InChI=1S/C28H42N4O7/c1-7-9-16(33)12-13-18(30-26(38)39-27(2,3)4)25(37)32-14-17-19(28(17,5)6)21(32)24(36)31-20(15-10-8-11-15)22(34)23(29)35/h7,9,15,17-21H,8,10-14H2,1-6H3,(H2,29,35)(H,30,38)(H,31,36)/b9-7+/t17?,18-,19?,20?,21?/m0/s1. The molecule has 3 aliphatic rings. The number of rotatable bonds is 11. The van der Waals surface area contributed by atoms with Gasteiger partial charge in [0.15, 0.2) is 5.78 Å². The minimum absolute atomic E-state index is 0.0104. The van der Waals surface area contributed by atoms with Crippen molar-refractivity contribution in [1.29, 1.82) is 0 Å². The minimum Gasteiger partial charge on any atom is -0.444 e. The van der Waals surface area contributed by atoms with Crippen molar-refractivity contribution in [3.63, 3.8) is 0 Å². The van der Waals surface area contributed by atoms with Crippen molar-refractivity contribution in [2.24, 2.45) is 28.9 Å². The highest BCUT2D eigenvalue weighted by Gasteiger charge is 2.69. The molecule has 0 bridgehead atoms. The molecular formula is C28H42N4O7. The third-order valence-corrected chi connectivity index (χ3v) is 8.23. The van der Waals surface area contributed by atoms with Crippen LogP contribution in [0.15, 0.2) is 12.2 Å². The molecule has 2 aliphatic carbocycles. The highest BCUT2D eigenvalue weighted by atomic mass is 16.6. The van der Waals surface area contributed by atoms with E-state index in [1.54, 1.807) is 33.8 Å². The number of ether oxygens (including phenoxy) is 1. The van der Waals surface area contributed by atoms with Gasteiger partial charge in [0, 0.05) is 13.0 Å². The van der Waals surface area contributed by atoms with Crippen molar-refractivity contribution in [3.05, 3.63) is 12.2 Å². The van der Waals surface area contributed by atoms with E-state index in [0.717, 1.165) is 6.42 Å². The number of ketones is 2. The van der Waals surface area contributed by atoms with Gasteiger partial charge in [-0.1, -0.05) is 26.3 Å². The molecule has 0 aromatic carbocycles. The highest BCUT2D eigenvalue weighted by molar-refractivity contribution is 6.38. The molecule has 0 radical (unpaired) electrons. The van der Waals surface area contributed by atoms with Crippen LogP contribution < -0.4 is 16.4 Å². The van der Waals surface area contributed by atoms with Crippen molar-refractivity contribution in [2.45, 2.75) is 97.4 Å². The van der Waals surface area contributed by atoms with Gasteiger partial charge in [0.1, 0.15) is 23.7 Å². The zero-order chi connectivity index (χ0) is 29.3. The number of hydrogen-bond donors (Lipinski definition) is 3. The molecule has 1 aliphatic heterocycles. The number of nitrogens with zero attached hydrogens (tertiary/aromatic N) is 1. The van der Waals surface area contributed by atoms with E-state index in [4.69, 9.17) is 10.5 Å². The van der Waals surface area contributed by atoms with Crippen LogP contribution in [-0.4, -0.2) is 70.6 Å². The Morgan fingerprint density at radius 1 is 1.10 bits per heavy atom. The number of fused-ring (bicyclic) bond motifs is 1. The third-order valence-electron chi connectivity index (χ3n) is 8.23. The first-order valence-corrected chi connectivity index (χ1v) is 13.7. The summed E-state index contributed by atoms with van der Waals surface area (Å²) in [6.07, 6.45) is 4.50. The van der Waals surface area contributed by atoms with Gasteiger partial charge in [-0.25, -0.2) is 4.79 Å². The fourth-order valence-corrected chi connectivity index (χ4v) is 5.84. The van der Waals surface area contributed by atoms with Gasteiger partial charge in [-0.05, 0) is 76.2 Å². The van der Waals surface area contributed by atoms with Crippen LogP contribution in [-0.2, 0) is 28.7 Å². The lowest BCUT2D eigenvalue weighted by Gasteiger charge is -2.36. The Morgan fingerprint density at radius 3 is 2.26 bits per heavy atom. The largest absolute Gasteiger partial charge is 0.444 e. The van der Waals surface area contributed by atoms with Gasteiger partial charge in [-0.3, -0.25) is 24.0 Å². The Hall–Kier alpha value is -3.24. The lowest BCUT2D eigenvalue weighted by Crippen LogP contribution is -2.59. The number of primary amides is 1. The summed E-state index contributed by atoms with van der Waals surface area (Å²) in [5.74, 6) is -3.45. The Morgan fingerprint density at radius 2 is 1.74 bits per heavy atom. The van der Waals surface area contributed by atoms with E-state index in [2.05, 4.69) is 10.6 Å². The number of nitrogens with one attached hydrogen (secondary N) is 2. The molecule has 0 aromatic rings. The van der Waals surface area contributed by atoms with Gasteiger partial charge in [-0.15, -0.1) is 0 Å². The van der Waals surface area contributed by atoms with Crippen LogP contribution in [0.25, 0.3) is 0 Å². The van der Waals surface area contributed by atoms with Gasteiger partial charge in [-0.2, -0.15) is 0 Å². The lowest BCUT2D eigenvalue weighted by molar-refractivity contribution is -0.144. The van der Waals surface area contributed by atoms with Gasteiger partial charge >= 0.3 is 6.09 Å². The van der Waals surface area contributed by atoms with E-state index in [0.29, 0.717) is 19.4 Å². The molecule has 1 heterocycles. The predicted molar refractivity (Wildman–Crippen MR) is 142 cm³/mol. The molecule has 0 aromatic heterocycles. The summed E-state index contributed by atoms with van der Waals surface area (Å²) in [6.45, 7) is 11.1. The van der Waals surface area contributed by atoms with Crippen LogP contribution in [0.5, 0.6) is 0 Å². The molecule has 216 valence electrons. The normalized spacial score (nSPS) is 25.2. The lowest BCUT2D eigenvalue weighted by atomic mass is 9.78. The van der Waals surface area contributed by atoms with Crippen molar-refractivity contribution < 1.29 is 33.5 Å². The second-order valence-electron chi connectivity index (χ2n) is 12.5. The zero-order valence-electron chi connectivity index (χ0n) is 23.7. The van der Waals surface area contributed by atoms with E-state index in [1.807, 2.05) is 13.8 Å². The van der Waals surface area contributed by atoms with Crippen LogP contribution in [0, 0.1) is 23.2 Å². The number of alkyl carbamates (subject to hydrolysis) is 1. The molecule has 4 unspecified atom stereocenters. The quantitative estimate of drug-likeness (QED) is 0.262. The maximum absolute atomic E-state index is 13.8. The SMILES string of the molecule is C/C=C/C(=O)CC[C@H](NC(=O)OC(C)(C)C)C(=O)N1CC2C(C1C(=O)NC(C(=O)C(N)=O)C1CCC1)C2(C)C. The summed E-state index contributed by atoms with van der Waals surface area (Å²) >= 11 is 0. The van der Waals surface area contributed by atoms with E-state index < -0.39 is 53.3 Å². The molecule has 2 saturated carbocycles. The van der Waals surface area contributed by atoms with E-state index in [-0.39, 0.29) is 41.8 Å². The first kappa shape index (κ1) is 30.3. The number of allylic oxidation sites excluding steroid dienone is 2. The van der Waals surface area contributed by atoms with Gasteiger partial charge in [0.25, 0.3) is 5.91 Å². The number of hydrogen-bond acceptors (Lipinski definition) is 7. The van der Waals surface area contributed by atoms with Gasteiger partial charge in [0.05, 0.1) is 0 Å². The van der Waals surface area contributed by atoms with Crippen LogP contribution in [0.4, 0.5) is 4.79 Å². The zero-order valence-corrected chi connectivity index (χ0v) is 23.7. The van der Waals surface area contributed by atoms with Crippen molar-refractivity contribution in [1.82, 2.24) is 15.5 Å². The summed E-state index contributed by atoms with van der Waals surface area (Å²) in [6, 6.07) is -3.02. The van der Waals surface area contributed by atoms with E-state index in [9.17, 15) is 28.8 Å². The topological polar surface area (TPSA) is 165 Å². The number of carbonyl (C=O) groups excluding carboxylic acids is 6. The molecule has 3 rings (SSSR count). The molecule has 0 spiro atoms. The summed E-state index contributed by atoms with van der Waals surface area (Å²) in [5, 5.41) is 5.33. The maximum atomic E-state index is 13.8. The minimum atomic E-state index is -1.11. The average Bonchev–Trinajstić information content (AvgIpc) is 3.12. The van der Waals surface area contributed by atoms with Crippen molar-refractivity contribution in [2.75, 3.05) is 6.54 Å². The second kappa shape index (κ2) is 11.5. The number of carbonyl (C=O) groups is 6. The van der Waals surface area contributed by atoms with Crippen LogP contribution in [0.2, 0.25) is 0 Å². The number of likely N-dealkylation sites (tertiary alicyclic amines) is 1. The summed E-state index contributed by atoms with van der Waals surface area (Å²) in [7, 11) is 0. The van der Waals surface area contributed by atoms with Gasteiger partial charge < -0.3 is 26.0 Å². The monoisotopic (exact) mass is 546 g/mol. The fourth-order valence-electron chi connectivity index (χ4n) is 5.84. The van der Waals surface area contributed by atoms with Gasteiger partial charge in [0.2, 0.25) is 17.6 Å². The second-order valence-corrected chi connectivity index (χ2v) is 12.5. The van der Waals surface area contributed by atoms with E-state index >= 15 is 0 Å². The molecule has 11 heteroatoms. The average molecular weight is 547 g/mol. The molecule has 4 amide bonds. The molecule has 11 nitrogen and oxygen atoms in total. The molecule has 4 N–H and O–H groups in total. The molecule has 5 atom stereocenters. The smallest absolute Gasteiger partial charge is 0.408 e. The van der Waals surface area contributed by atoms with Crippen molar-refractivity contribution >= 4 is 35.4 Å². The highest BCUT2D eigenvalue weighted by Crippen LogP contribution is 2.65. The first-order valence-electron chi connectivity index (χ1n) is 13.7. The maximum Gasteiger partial charge on any atom is 0.408 e. The Labute approximate surface area is 229 Å². The Kier molecular flexibility index (Phi) is 8.92. The van der Waals surface area contributed by atoms with Crippen molar-refractivity contribution in [3.8, 4) is 0 Å². The molecule has 1 saturated heterocycles. The number of Topliss-reactive ketones (excluding diaryl/α,β-unsaturated/α-hetero) is 1. The first-order chi connectivity index (χ1) is 18.1. The van der Waals surface area contributed by atoms with Crippen LogP contribution in [0.1, 0.15) is 73.6 Å². The summed E-state index contributed by atoms with van der Waals surface area (Å²) < 4.78 is 5.34. The predicted octanol–water partition coefficient (Wildman–Crippen LogP) is 1.63.